The Hall–Kier alpha value is -0.190. The predicted octanol–water partition coefficient (Wildman–Crippen LogP) is 2.66. The Labute approximate surface area is 121 Å². The molecule has 17 heavy (non-hydrogen) atoms. The molecule has 0 saturated carbocycles. The summed E-state index contributed by atoms with van der Waals surface area (Å²) in [6, 6.07) is 7.12. The van der Waals surface area contributed by atoms with E-state index in [0.29, 0.717) is 0 Å². The summed E-state index contributed by atoms with van der Waals surface area (Å²) in [5.41, 5.74) is 7.03. The molecule has 4 N–H and O–H groups in total. The molecule has 3 nitrogen and oxygen atoms in total. The molecule has 0 aliphatic heterocycles. The summed E-state index contributed by atoms with van der Waals surface area (Å²) in [6.45, 7) is 3.98. The van der Waals surface area contributed by atoms with Crippen LogP contribution in [0.4, 0.5) is 0 Å². The summed E-state index contributed by atoms with van der Waals surface area (Å²) in [5.74, 6) is 0.285. The van der Waals surface area contributed by atoms with Crippen molar-refractivity contribution in [2.24, 2.45) is 5.73 Å². The van der Waals surface area contributed by atoms with Gasteiger partial charge in [0.1, 0.15) is 5.75 Å². The second-order valence-corrected chi connectivity index (χ2v) is 3.34. The maximum Gasteiger partial charge on any atom is 0.115 e. The lowest BCUT2D eigenvalue weighted by molar-refractivity contribution is 0.474. The molecule has 0 spiro atoms. The molecule has 0 amide bonds. The summed E-state index contributed by atoms with van der Waals surface area (Å²) < 4.78 is 0. The zero-order chi connectivity index (χ0) is 10.4. The molecule has 1 aromatic carbocycles. The Kier molecular flexibility index (Phi) is 15.9. The molecule has 102 valence electrons. The third-order valence-corrected chi connectivity index (χ3v) is 2.20. The first-order chi connectivity index (χ1) is 6.74. The lowest BCUT2D eigenvalue weighted by Crippen LogP contribution is -2.20. The molecule has 0 radical (unpaired) electrons. The van der Waals surface area contributed by atoms with Gasteiger partial charge in [-0.05, 0) is 37.2 Å². The molecule has 1 atom stereocenters. The quantitative estimate of drug-likeness (QED) is 0.733. The first-order valence-electron chi connectivity index (χ1n) is 4.99. The summed E-state index contributed by atoms with van der Waals surface area (Å²) in [5, 5.41) is 12.3. The molecule has 0 heterocycles. The molecule has 1 aromatic rings. The highest BCUT2D eigenvalue weighted by Gasteiger charge is 2.04. The van der Waals surface area contributed by atoms with Gasteiger partial charge in [0.05, 0.1) is 0 Å². The van der Waals surface area contributed by atoms with Gasteiger partial charge >= 0.3 is 0 Å². The van der Waals surface area contributed by atoms with E-state index in [0.717, 1.165) is 25.1 Å². The molecule has 0 fully saturated rings. The average Bonchev–Trinajstić information content (AvgIpc) is 2.19. The number of rotatable bonds is 5. The molecule has 1 rings (SSSR count). The monoisotopic (exact) mass is 302 g/mol. The van der Waals surface area contributed by atoms with Crippen LogP contribution in [0.5, 0.6) is 5.75 Å². The number of aromatic hydroxyl groups is 1. The Morgan fingerprint density at radius 2 is 1.71 bits per heavy atom. The Morgan fingerprint density at radius 1 is 1.18 bits per heavy atom. The van der Waals surface area contributed by atoms with Crippen molar-refractivity contribution in [3.63, 3.8) is 0 Å². The van der Waals surface area contributed by atoms with E-state index in [9.17, 15) is 0 Å². The minimum absolute atomic E-state index is 0. The van der Waals surface area contributed by atoms with E-state index in [2.05, 4.69) is 12.2 Å². The smallest absolute Gasteiger partial charge is 0.115 e. The minimum Gasteiger partial charge on any atom is -0.508 e. The van der Waals surface area contributed by atoms with E-state index < -0.39 is 0 Å². The molecule has 6 heteroatoms. The van der Waals surface area contributed by atoms with Crippen molar-refractivity contribution in [1.82, 2.24) is 5.32 Å². The van der Waals surface area contributed by atoms with Crippen LogP contribution in [0.2, 0.25) is 0 Å². The van der Waals surface area contributed by atoms with Crippen LogP contribution in [0.25, 0.3) is 0 Å². The van der Waals surface area contributed by atoms with Crippen LogP contribution in [0, 0.1) is 0 Å². The number of halogens is 3. The number of phenolic OH excluding ortho intramolecular Hbond substituents is 1. The van der Waals surface area contributed by atoms with E-state index in [1.807, 2.05) is 12.1 Å². The summed E-state index contributed by atoms with van der Waals surface area (Å²) in [4.78, 5) is 0. The summed E-state index contributed by atoms with van der Waals surface area (Å²) in [7, 11) is 0. The molecular formula is C11H21Cl3N2O. The van der Waals surface area contributed by atoms with Gasteiger partial charge in [-0.15, -0.1) is 37.2 Å². The van der Waals surface area contributed by atoms with E-state index in [4.69, 9.17) is 10.8 Å². The maximum atomic E-state index is 9.10. The first kappa shape index (κ1) is 22.0. The van der Waals surface area contributed by atoms with Gasteiger partial charge in [0, 0.05) is 6.04 Å². The van der Waals surface area contributed by atoms with Crippen molar-refractivity contribution in [2.75, 3.05) is 13.1 Å². The molecule has 1 unspecified atom stereocenters. The van der Waals surface area contributed by atoms with Crippen molar-refractivity contribution >= 4 is 37.2 Å². The van der Waals surface area contributed by atoms with Crippen LogP contribution in [0.15, 0.2) is 24.3 Å². The van der Waals surface area contributed by atoms with Gasteiger partial charge in [0.25, 0.3) is 0 Å². The summed E-state index contributed by atoms with van der Waals surface area (Å²) >= 11 is 0. The fourth-order valence-corrected chi connectivity index (χ4v) is 1.32. The first-order valence-corrected chi connectivity index (χ1v) is 4.99. The predicted molar refractivity (Wildman–Crippen MR) is 79.9 cm³/mol. The van der Waals surface area contributed by atoms with Crippen LogP contribution in [0.3, 0.4) is 0 Å². The van der Waals surface area contributed by atoms with E-state index in [1.54, 1.807) is 12.1 Å². The van der Waals surface area contributed by atoms with Crippen molar-refractivity contribution in [2.45, 2.75) is 19.4 Å². The highest BCUT2D eigenvalue weighted by Crippen LogP contribution is 2.16. The highest BCUT2D eigenvalue weighted by atomic mass is 35.5. The van der Waals surface area contributed by atoms with Gasteiger partial charge in [-0.1, -0.05) is 19.1 Å². The largest absolute Gasteiger partial charge is 0.508 e. The van der Waals surface area contributed by atoms with Crippen LogP contribution in [-0.2, 0) is 0 Å². The van der Waals surface area contributed by atoms with Crippen LogP contribution >= 0.6 is 37.2 Å². The maximum absolute atomic E-state index is 9.10. The van der Waals surface area contributed by atoms with Gasteiger partial charge in [0.15, 0.2) is 0 Å². The van der Waals surface area contributed by atoms with Crippen molar-refractivity contribution in [3.05, 3.63) is 29.8 Å². The van der Waals surface area contributed by atoms with Crippen molar-refractivity contribution in [3.8, 4) is 5.75 Å². The number of hydrogen-bond donors (Lipinski definition) is 3. The topological polar surface area (TPSA) is 58.3 Å². The second-order valence-electron chi connectivity index (χ2n) is 3.34. The number of phenols is 1. The summed E-state index contributed by atoms with van der Waals surface area (Å²) in [6.07, 6.45) is 0.915. The highest BCUT2D eigenvalue weighted by molar-refractivity contribution is 5.86. The fraction of sp³-hybridized carbons (Fsp3) is 0.455. The standard InChI is InChI=1S/C11H18N2O.3ClH/c1-2-13-8-7-11(12)9-3-5-10(14)6-4-9;;;/h3-6,11,13-14H,2,7-8,12H2,1H3;3*1H. The fourth-order valence-electron chi connectivity index (χ4n) is 1.32. The van der Waals surface area contributed by atoms with Crippen LogP contribution < -0.4 is 11.1 Å². The van der Waals surface area contributed by atoms with Gasteiger partial charge < -0.3 is 16.2 Å². The molecule has 0 bridgehead atoms. The SMILES string of the molecule is CCNCCC(N)c1ccc(O)cc1.Cl.Cl.Cl. The third-order valence-electron chi connectivity index (χ3n) is 2.20. The number of nitrogens with one attached hydrogen (secondary N) is 1. The molecular weight excluding hydrogens is 282 g/mol. The molecule has 0 aliphatic carbocycles. The Bertz CT molecular complexity index is 270. The third kappa shape index (κ3) is 8.52. The van der Waals surface area contributed by atoms with Gasteiger partial charge in [-0.2, -0.15) is 0 Å². The molecule has 0 saturated heterocycles. The Morgan fingerprint density at radius 3 is 2.18 bits per heavy atom. The second kappa shape index (κ2) is 12.3. The average molecular weight is 304 g/mol. The van der Waals surface area contributed by atoms with Gasteiger partial charge in [-0.3, -0.25) is 0 Å². The number of benzene rings is 1. The van der Waals surface area contributed by atoms with Gasteiger partial charge in [-0.25, -0.2) is 0 Å². The molecule has 0 aliphatic rings. The molecule has 0 aromatic heterocycles. The van der Waals surface area contributed by atoms with E-state index in [-0.39, 0.29) is 49.0 Å². The van der Waals surface area contributed by atoms with Crippen molar-refractivity contribution < 1.29 is 5.11 Å². The zero-order valence-electron chi connectivity index (χ0n) is 9.76. The van der Waals surface area contributed by atoms with E-state index >= 15 is 0 Å². The lowest BCUT2D eigenvalue weighted by atomic mass is 10.0. The Balaban J connectivity index is -0.000000653. The number of nitrogens with two attached hydrogens (primary N) is 1. The van der Waals surface area contributed by atoms with Crippen molar-refractivity contribution in [1.29, 1.82) is 0 Å². The normalized spacial score (nSPS) is 10.5. The van der Waals surface area contributed by atoms with Crippen LogP contribution in [0.1, 0.15) is 24.9 Å². The number of hydrogen-bond acceptors (Lipinski definition) is 3. The van der Waals surface area contributed by atoms with Gasteiger partial charge in [0.2, 0.25) is 0 Å². The van der Waals surface area contributed by atoms with Crippen LogP contribution in [-0.4, -0.2) is 18.2 Å². The zero-order valence-corrected chi connectivity index (χ0v) is 12.2. The lowest BCUT2D eigenvalue weighted by Gasteiger charge is -2.11. The minimum atomic E-state index is 0. The van der Waals surface area contributed by atoms with E-state index in [1.165, 1.54) is 0 Å².